The van der Waals surface area contributed by atoms with Crippen molar-refractivity contribution in [3.8, 4) is 17.2 Å². The highest BCUT2D eigenvalue weighted by Gasteiger charge is 2.21. The Bertz CT molecular complexity index is 1870. The van der Waals surface area contributed by atoms with Gasteiger partial charge in [0.2, 0.25) is 0 Å². The van der Waals surface area contributed by atoms with Gasteiger partial charge in [0.15, 0.2) is 0 Å². The molecule has 4 rings (SSSR count). The number of benzene rings is 4. The molecule has 0 aliphatic rings. The van der Waals surface area contributed by atoms with Crippen LogP contribution in [0.1, 0.15) is 71.3 Å². The predicted molar refractivity (Wildman–Crippen MR) is 194 cm³/mol. The van der Waals surface area contributed by atoms with E-state index in [1.165, 1.54) is 44.6 Å². The Hall–Kier alpha value is -6.04. The SMILES string of the molecule is COC(=O)c1ccc(NC(=O)c2ccc(NC(=O)c3ccc(NC(=O)OC(C)(C)C)c(OCC(C)C)c3)c(OCc3ccccc3)c2)c(OC)c1. The number of hydrogen-bond donors (Lipinski definition) is 3. The number of carbonyl (C=O) groups is 4. The van der Waals surface area contributed by atoms with Crippen molar-refractivity contribution in [2.24, 2.45) is 5.92 Å². The minimum atomic E-state index is -0.705. The fraction of sp³-hybridized carbons (Fsp3) is 0.282. The minimum Gasteiger partial charge on any atom is -0.495 e. The molecule has 12 nitrogen and oxygen atoms in total. The first kappa shape index (κ1) is 37.8. The highest BCUT2D eigenvalue weighted by molar-refractivity contribution is 6.08. The Morgan fingerprint density at radius 2 is 1.16 bits per heavy atom. The molecule has 0 bridgehead atoms. The number of nitrogens with one attached hydrogen (secondary N) is 3. The monoisotopic (exact) mass is 697 g/mol. The molecule has 3 N–H and O–H groups in total. The minimum absolute atomic E-state index is 0.163. The van der Waals surface area contributed by atoms with E-state index < -0.39 is 29.5 Å². The van der Waals surface area contributed by atoms with Crippen molar-refractivity contribution in [2.45, 2.75) is 46.8 Å². The number of carbonyl (C=O) groups excluding carboxylic acids is 4. The molecule has 0 aliphatic carbocycles. The Morgan fingerprint density at radius 1 is 0.647 bits per heavy atom. The van der Waals surface area contributed by atoms with Crippen LogP contribution in [0.3, 0.4) is 0 Å². The van der Waals surface area contributed by atoms with Crippen LogP contribution in [0, 0.1) is 5.92 Å². The van der Waals surface area contributed by atoms with Crippen molar-refractivity contribution in [3.63, 3.8) is 0 Å². The van der Waals surface area contributed by atoms with Crippen molar-refractivity contribution in [2.75, 3.05) is 36.8 Å². The summed E-state index contributed by atoms with van der Waals surface area (Å²) in [6.45, 7) is 9.75. The van der Waals surface area contributed by atoms with Gasteiger partial charge in [0.25, 0.3) is 11.8 Å². The van der Waals surface area contributed by atoms with E-state index in [4.69, 9.17) is 23.7 Å². The first-order chi connectivity index (χ1) is 24.3. The zero-order valence-corrected chi connectivity index (χ0v) is 29.7. The van der Waals surface area contributed by atoms with Crippen molar-refractivity contribution in [3.05, 3.63) is 107 Å². The third-order valence-corrected chi connectivity index (χ3v) is 7.05. The van der Waals surface area contributed by atoms with Crippen LogP contribution in [0.4, 0.5) is 21.9 Å². The van der Waals surface area contributed by atoms with Crippen molar-refractivity contribution < 1.29 is 42.9 Å². The van der Waals surface area contributed by atoms with Crippen molar-refractivity contribution >= 4 is 40.9 Å². The molecule has 0 unspecified atom stereocenters. The van der Waals surface area contributed by atoms with E-state index in [1.807, 2.05) is 44.2 Å². The zero-order valence-electron chi connectivity index (χ0n) is 29.7. The van der Waals surface area contributed by atoms with Gasteiger partial charge in [0, 0.05) is 11.1 Å². The molecule has 0 atom stereocenters. The summed E-state index contributed by atoms with van der Waals surface area (Å²) in [6.07, 6.45) is -0.657. The van der Waals surface area contributed by atoms with E-state index in [0.29, 0.717) is 29.4 Å². The van der Waals surface area contributed by atoms with Crippen LogP contribution >= 0.6 is 0 Å². The molecule has 0 radical (unpaired) electrons. The lowest BCUT2D eigenvalue weighted by Crippen LogP contribution is -2.27. The second-order valence-electron chi connectivity index (χ2n) is 12.8. The third-order valence-electron chi connectivity index (χ3n) is 7.05. The topological polar surface area (TPSA) is 151 Å². The third kappa shape index (κ3) is 11.0. The van der Waals surface area contributed by atoms with Gasteiger partial charge in [-0.1, -0.05) is 44.2 Å². The summed E-state index contributed by atoms with van der Waals surface area (Å²) in [5.41, 5.74) is 1.91. The van der Waals surface area contributed by atoms with Gasteiger partial charge in [0.05, 0.1) is 43.5 Å². The van der Waals surface area contributed by atoms with E-state index in [9.17, 15) is 19.2 Å². The van der Waals surface area contributed by atoms with E-state index in [-0.39, 0.29) is 40.7 Å². The number of esters is 1. The normalized spacial score (nSPS) is 10.9. The van der Waals surface area contributed by atoms with Crippen LogP contribution in [0.15, 0.2) is 84.9 Å². The van der Waals surface area contributed by atoms with Gasteiger partial charge in [-0.2, -0.15) is 0 Å². The van der Waals surface area contributed by atoms with Gasteiger partial charge < -0.3 is 34.3 Å². The maximum Gasteiger partial charge on any atom is 0.412 e. The number of hydrogen-bond acceptors (Lipinski definition) is 9. The maximum atomic E-state index is 13.6. The van der Waals surface area contributed by atoms with E-state index in [0.717, 1.165) is 5.56 Å². The van der Waals surface area contributed by atoms with Gasteiger partial charge in [-0.15, -0.1) is 0 Å². The number of rotatable bonds is 13. The molecule has 51 heavy (non-hydrogen) atoms. The zero-order chi connectivity index (χ0) is 37.1. The quantitative estimate of drug-likeness (QED) is 0.118. The maximum absolute atomic E-state index is 13.6. The molecule has 0 saturated heterocycles. The van der Waals surface area contributed by atoms with Crippen LogP contribution in [0.25, 0.3) is 0 Å². The Balaban J connectivity index is 1.61. The van der Waals surface area contributed by atoms with Crippen LogP contribution in [0.2, 0.25) is 0 Å². The fourth-order valence-electron chi connectivity index (χ4n) is 4.61. The molecule has 0 fully saturated rings. The lowest BCUT2D eigenvalue weighted by atomic mass is 10.1. The molecule has 4 aromatic rings. The predicted octanol–water partition coefficient (Wildman–Crippen LogP) is 7.95. The van der Waals surface area contributed by atoms with Crippen molar-refractivity contribution in [1.29, 1.82) is 0 Å². The first-order valence-corrected chi connectivity index (χ1v) is 16.2. The van der Waals surface area contributed by atoms with E-state index in [1.54, 1.807) is 45.0 Å². The van der Waals surface area contributed by atoms with Crippen LogP contribution in [-0.2, 0) is 16.1 Å². The fourth-order valence-corrected chi connectivity index (χ4v) is 4.61. The summed E-state index contributed by atoms with van der Waals surface area (Å²) in [6, 6.07) is 23.2. The van der Waals surface area contributed by atoms with E-state index in [2.05, 4.69) is 16.0 Å². The van der Waals surface area contributed by atoms with Gasteiger partial charge in [0.1, 0.15) is 29.5 Å². The smallest absolute Gasteiger partial charge is 0.412 e. The number of methoxy groups -OCH3 is 2. The molecule has 0 aromatic heterocycles. The van der Waals surface area contributed by atoms with Crippen LogP contribution in [-0.4, -0.2) is 50.3 Å². The summed E-state index contributed by atoms with van der Waals surface area (Å²) < 4.78 is 27.6. The lowest BCUT2D eigenvalue weighted by Gasteiger charge is -2.21. The summed E-state index contributed by atoms with van der Waals surface area (Å²) in [5.74, 6) is -0.530. The van der Waals surface area contributed by atoms with Gasteiger partial charge >= 0.3 is 12.1 Å². The molecular formula is C39H43N3O9. The van der Waals surface area contributed by atoms with Gasteiger partial charge in [-0.05, 0) is 86.8 Å². The summed E-state index contributed by atoms with van der Waals surface area (Å²) in [7, 11) is 2.69. The van der Waals surface area contributed by atoms with Gasteiger partial charge in [-0.25, -0.2) is 9.59 Å². The molecular weight excluding hydrogens is 654 g/mol. The molecule has 0 spiro atoms. The van der Waals surface area contributed by atoms with Gasteiger partial charge in [-0.3, -0.25) is 14.9 Å². The molecule has 4 aromatic carbocycles. The molecule has 0 aliphatic heterocycles. The summed E-state index contributed by atoms with van der Waals surface area (Å²) in [5, 5.41) is 8.37. The number of anilines is 3. The lowest BCUT2D eigenvalue weighted by molar-refractivity contribution is 0.0597. The highest BCUT2D eigenvalue weighted by Crippen LogP contribution is 2.32. The largest absolute Gasteiger partial charge is 0.495 e. The van der Waals surface area contributed by atoms with Crippen LogP contribution < -0.4 is 30.2 Å². The number of ether oxygens (including phenoxy) is 5. The standard InChI is InChI=1S/C39H43N3O9/c1-24(2)22-49-34-20-27(14-17-31(34)42-38(46)51-39(3,4)5)36(44)41-30-16-13-26(19-33(30)50-23-25-11-9-8-10-12-25)35(43)40-29-18-15-28(37(45)48-7)21-32(29)47-6/h8-21,24H,22-23H2,1-7H3,(H,40,43)(H,41,44)(H,42,46). The average Bonchev–Trinajstić information content (AvgIpc) is 3.10. The molecule has 0 heterocycles. The first-order valence-electron chi connectivity index (χ1n) is 16.2. The molecule has 268 valence electrons. The Morgan fingerprint density at radius 3 is 1.69 bits per heavy atom. The summed E-state index contributed by atoms with van der Waals surface area (Å²) >= 11 is 0. The highest BCUT2D eigenvalue weighted by atomic mass is 16.6. The molecule has 0 saturated carbocycles. The van der Waals surface area contributed by atoms with E-state index >= 15 is 0 Å². The average molecular weight is 698 g/mol. The number of amides is 3. The van der Waals surface area contributed by atoms with Crippen LogP contribution in [0.5, 0.6) is 17.2 Å². The second-order valence-corrected chi connectivity index (χ2v) is 12.8. The Labute approximate surface area is 297 Å². The summed E-state index contributed by atoms with van der Waals surface area (Å²) in [4.78, 5) is 51.5. The molecule has 12 heteroatoms. The molecule has 3 amide bonds. The van der Waals surface area contributed by atoms with Crippen molar-refractivity contribution in [1.82, 2.24) is 0 Å². The Kier molecular flexibility index (Phi) is 12.6. The second kappa shape index (κ2) is 17.1.